The molecule has 1 saturated carbocycles. The summed E-state index contributed by atoms with van der Waals surface area (Å²) >= 11 is 1.72. The molecule has 2 aliphatic heterocycles. The molecule has 5 heterocycles. The number of anilines is 1. The number of fused-ring (bicyclic) bond motifs is 1. The molecule has 8 nitrogen and oxygen atoms in total. The molecule has 0 amide bonds. The molecule has 1 unspecified atom stereocenters. The molecule has 3 aliphatic rings. The van der Waals surface area contributed by atoms with Gasteiger partial charge in [0, 0.05) is 63.6 Å². The fraction of sp³-hybridized carbons (Fsp3) is 0.667. The Balaban J connectivity index is 1.15. The number of aromatic nitrogens is 4. The first-order valence-electron chi connectivity index (χ1n) is 13.7. The molecule has 6 rings (SSSR count). The fourth-order valence-corrected chi connectivity index (χ4v) is 7.12. The predicted molar refractivity (Wildman–Crippen MR) is 145 cm³/mol. The van der Waals surface area contributed by atoms with Crippen molar-refractivity contribution in [2.45, 2.75) is 83.0 Å². The number of hydrogen-bond acceptors (Lipinski definition) is 8. The van der Waals surface area contributed by atoms with E-state index >= 15 is 0 Å². The van der Waals surface area contributed by atoms with E-state index in [1.807, 2.05) is 6.20 Å². The van der Waals surface area contributed by atoms with Crippen LogP contribution in [0.15, 0.2) is 17.8 Å². The van der Waals surface area contributed by atoms with Crippen LogP contribution in [0.25, 0.3) is 10.2 Å². The minimum Gasteiger partial charge on any atom is -0.381 e. The third-order valence-corrected chi connectivity index (χ3v) is 9.19. The van der Waals surface area contributed by atoms with E-state index in [2.05, 4.69) is 50.7 Å². The summed E-state index contributed by atoms with van der Waals surface area (Å²) in [6.07, 6.45) is 11.8. The van der Waals surface area contributed by atoms with Gasteiger partial charge in [-0.15, -0.1) is 11.3 Å². The third kappa shape index (κ3) is 5.30. The van der Waals surface area contributed by atoms with E-state index in [4.69, 9.17) is 14.7 Å². The van der Waals surface area contributed by atoms with Crippen molar-refractivity contribution < 1.29 is 4.74 Å². The highest BCUT2D eigenvalue weighted by Gasteiger charge is 2.29. The lowest BCUT2D eigenvalue weighted by Crippen LogP contribution is -2.53. The maximum absolute atomic E-state index is 5.51. The van der Waals surface area contributed by atoms with E-state index in [9.17, 15) is 0 Å². The molecule has 1 aliphatic carbocycles. The Kier molecular flexibility index (Phi) is 7.24. The summed E-state index contributed by atoms with van der Waals surface area (Å²) in [4.78, 5) is 13.8. The van der Waals surface area contributed by atoms with Crippen LogP contribution >= 0.6 is 11.3 Å². The van der Waals surface area contributed by atoms with Crippen LogP contribution in [0.5, 0.6) is 0 Å². The van der Waals surface area contributed by atoms with Gasteiger partial charge in [0.1, 0.15) is 16.5 Å². The first-order chi connectivity index (χ1) is 17.6. The van der Waals surface area contributed by atoms with Crippen molar-refractivity contribution in [3.8, 4) is 0 Å². The van der Waals surface area contributed by atoms with Gasteiger partial charge in [-0.3, -0.25) is 9.58 Å². The number of nitrogens with one attached hydrogen (secondary N) is 2. The van der Waals surface area contributed by atoms with Crippen LogP contribution in [-0.4, -0.2) is 75.6 Å². The van der Waals surface area contributed by atoms with Gasteiger partial charge in [0.25, 0.3) is 0 Å². The van der Waals surface area contributed by atoms with Gasteiger partial charge in [0.2, 0.25) is 0 Å². The summed E-state index contributed by atoms with van der Waals surface area (Å²) in [7, 11) is 0. The molecule has 2 N–H and O–H groups in total. The molecule has 0 bridgehead atoms. The van der Waals surface area contributed by atoms with Gasteiger partial charge < -0.3 is 15.4 Å². The summed E-state index contributed by atoms with van der Waals surface area (Å²) in [6, 6.07) is 2.24. The monoisotopic (exact) mass is 509 g/mol. The van der Waals surface area contributed by atoms with E-state index in [0.717, 1.165) is 55.1 Å². The van der Waals surface area contributed by atoms with E-state index < -0.39 is 0 Å². The molecule has 3 aromatic rings. The third-order valence-electron chi connectivity index (χ3n) is 8.20. The molecule has 2 saturated heterocycles. The van der Waals surface area contributed by atoms with Crippen LogP contribution in [0.2, 0.25) is 0 Å². The lowest BCUT2D eigenvalue weighted by atomic mass is 9.89. The van der Waals surface area contributed by atoms with Crippen LogP contribution in [0.3, 0.4) is 0 Å². The summed E-state index contributed by atoms with van der Waals surface area (Å²) in [5.41, 5.74) is 2.44. The summed E-state index contributed by atoms with van der Waals surface area (Å²) in [5, 5.41) is 15.5. The van der Waals surface area contributed by atoms with Crippen molar-refractivity contribution >= 4 is 27.4 Å². The first kappa shape index (κ1) is 24.3. The van der Waals surface area contributed by atoms with Crippen molar-refractivity contribution in [3.05, 3.63) is 34.7 Å². The Morgan fingerprint density at radius 3 is 2.75 bits per heavy atom. The zero-order valence-corrected chi connectivity index (χ0v) is 22.4. The lowest BCUT2D eigenvalue weighted by molar-refractivity contribution is 0.0662. The number of hydrogen-bond donors (Lipinski definition) is 2. The zero-order valence-electron chi connectivity index (χ0n) is 21.6. The Labute approximate surface area is 217 Å². The Morgan fingerprint density at radius 1 is 1.11 bits per heavy atom. The van der Waals surface area contributed by atoms with E-state index in [0.29, 0.717) is 24.5 Å². The molecule has 0 radical (unpaired) electrons. The molecule has 9 heteroatoms. The largest absolute Gasteiger partial charge is 0.381 e. The number of ether oxygens (including phenoxy) is 1. The average Bonchev–Trinajstić information content (AvgIpc) is 3.52. The van der Waals surface area contributed by atoms with Gasteiger partial charge in [-0.25, -0.2) is 9.97 Å². The highest BCUT2D eigenvalue weighted by molar-refractivity contribution is 7.17. The van der Waals surface area contributed by atoms with Crippen LogP contribution < -0.4 is 10.6 Å². The molecule has 36 heavy (non-hydrogen) atoms. The molecule has 3 aromatic heterocycles. The zero-order chi connectivity index (χ0) is 24.5. The molecular weight excluding hydrogens is 470 g/mol. The first-order valence-corrected chi connectivity index (χ1v) is 14.6. The smallest absolute Gasteiger partial charge is 0.139 e. The molecule has 194 valence electrons. The van der Waals surface area contributed by atoms with Gasteiger partial charge in [-0.05, 0) is 68.9 Å². The maximum Gasteiger partial charge on any atom is 0.139 e. The summed E-state index contributed by atoms with van der Waals surface area (Å²) < 4.78 is 7.62. The maximum atomic E-state index is 5.51. The van der Waals surface area contributed by atoms with Gasteiger partial charge in [0.15, 0.2) is 0 Å². The van der Waals surface area contributed by atoms with Crippen LogP contribution in [0.1, 0.15) is 68.4 Å². The molecular formula is C27H39N7OS. The van der Waals surface area contributed by atoms with E-state index in [1.54, 1.807) is 11.3 Å². The lowest BCUT2D eigenvalue weighted by Gasteiger charge is -2.41. The van der Waals surface area contributed by atoms with E-state index in [1.165, 1.54) is 55.3 Å². The van der Waals surface area contributed by atoms with Gasteiger partial charge in [-0.2, -0.15) is 5.10 Å². The second-order valence-corrected chi connectivity index (χ2v) is 11.8. The van der Waals surface area contributed by atoms with Gasteiger partial charge >= 0.3 is 0 Å². The quantitative estimate of drug-likeness (QED) is 0.517. The predicted octanol–water partition coefficient (Wildman–Crippen LogP) is 4.16. The molecule has 0 aromatic carbocycles. The second kappa shape index (κ2) is 10.7. The van der Waals surface area contributed by atoms with E-state index in [-0.39, 0.29) is 0 Å². The highest BCUT2D eigenvalue weighted by atomic mass is 32.1. The minimum atomic E-state index is 0.438. The number of rotatable bonds is 6. The van der Waals surface area contributed by atoms with Crippen LogP contribution in [0, 0.1) is 6.92 Å². The topological polar surface area (TPSA) is 80.1 Å². The number of aryl methyl sites for hydroxylation is 1. The van der Waals surface area contributed by atoms with Crippen molar-refractivity contribution in [1.29, 1.82) is 0 Å². The normalized spacial score (nSPS) is 26.4. The highest BCUT2D eigenvalue weighted by Crippen LogP contribution is 2.33. The molecule has 1 atom stereocenters. The van der Waals surface area contributed by atoms with Crippen molar-refractivity contribution in [2.75, 3.05) is 38.2 Å². The Hall–Kier alpha value is -2.07. The van der Waals surface area contributed by atoms with Crippen molar-refractivity contribution in [2.24, 2.45) is 0 Å². The number of piperazine rings is 1. The van der Waals surface area contributed by atoms with Crippen LogP contribution in [0.4, 0.5) is 5.82 Å². The summed E-state index contributed by atoms with van der Waals surface area (Å²) in [5.74, 6) is 1.90. The molecule has 3 fully saturated rings. The summed E-state index contributed by atoms with van der Waals surface area (Å²) in [6.45, 7) is 9.60. The number of thiophene rings is 1. The van der Waals surface area contributed by atoms with Gasteiger partial charge in [0.05, 0.1) is 17.6 Å². The standard InChI is InChI=1S/C27H39N7OS/c1-18-17-36-27-25(18)26(30-21-3-5-22(6-4-21)33-10-9-28-19(2)15-33)31-24(32-27)13-20-14-29-34(16-20)23-7-11-35-12-8-23/h14,16-17,19,21-23,28H,3-13,15H2,1-2H3,(H,30,31,32). The van der Waals surface area contributed by atoms with Gasteiger partial charge in [-0.1, -0.05) is 0 Å². The molecule has 0 spiro atoms. The fourth-order valence-electron chi connectivity index (χ4n) is 6.18. The second-order valence-electron chi connectivity index (χ2n) is 10.9. The van der Waals surface area contributed by atoms with Crippen molar-refractivity contribution in [1.82, 2.24) is 30.0 Å². The van der Waals surface area contributed by atoms with Crippen molar-refractivity contribution in [3.63, 3.8) is 0 Å². The minimum absolute atomic E-state index is 0.438. The Bertz CT molecular complexity index is 1160. The SMILES string of the molecule is Cc1csc2nc(Cc3cnn(C4CCOCC4)c3)nc(NC3CCC(N4CCNC(C)C4)CC3)c12. The Morgan fingerprint density at radius 2 is 1.94 bits per heavy atom. The number of nitrogens with zero attached hydrogens (tertiary/aromatic N) is 5. The van der Waals surface area contributed by atoms with Crippen LogP contribution in [-0.2, 0) is 11.2 Å². The average molecular weight is 510 g/mol.